The average Bonchev–Trinajstić information content (AvgIpc) is 2.44. The minimum Gasteiger partial charge on any atom is -0.493 e. The van der Waals surface area contributed by atoms with Crippen molar-refractivity contribution in [2.75, 3.05) is 21.3 Å². The van der Waals surface area contributed by atoms with Crippen LogP contribution in [0.25, 0.3) is 0 Å². The van der Waals surface area contributed by atoms with Gasteiger partial charge in [0.1, 0.15) is 0 Å². The lowest BCUT2D eigenvalue weighted by molar-refractivity contribution is 0.353. The Morgan fingerprint density at radius 1 is 1.16 bits per heavy atom. The van der Waals surface area contributed by atoms with Crippen LogP contribution in [0.2, 0.25) is 0 Å². The monoisotopic (exact) mass is 329 g/mol. The van der Waals surface area contributed by atoms with E-state index >= 15 is 0 Å². The van der Waals surface area contributed by atoms with Crippen LogP contribution in [0.1, 0.15) is 44.2 Å². The Balaban J connectivity index is 2.96. The van der Waals surface area contributed by atoms with Crippen LogP contribution in [0, 0.1) is 0 Å². The van der Waals surface area contributed by atoms with Crippen LogP contribution in [0.4, 0.5) is 0 Å². The first-order valence-corrected chi connectivity index (χ1v) is 7.55. The summed E-state index contributed by atoms with van der Waals surface area (Å²) in [6, 6.07) is 4.36. The Bertz CT molecular complexity index is 396. The summed E-state index contributed by atoms with van der Waals surface area (Å²) in [4.78, 5) is 0. The van der Waals surface area contributed by atoms with E-state index in [1.807, 2.05) is 13.1 Å². The zero-order chi connectivity index (χ0) is 14.3. The quantitative estimate of drug-likeness (QED) is 0.721. The van der Waals surface area contributed by atoms with Crippen molar-refractivity contribution < 1.29 is 9.47 Å². The standard InChI is InChI=1S/C15H24BrNO2/c1-5-6-7-8-13(17-2)11-9-14(18-3)15(19-4)10-12(11)16/h9-10,13,17H,5-8H2,1-4H3. The van der Waals surface area contributed by atoms with Crippen molar-refractivity contribution in [2.24, 2.45) is 0 Å². The molecule has 0 heterocycles. The van der Waals surface area contributed by atoms with Crippen LogP contribution in [0.15, 0.2) is 16.6 Å². The average molecular weight is 330 g/mol. The Hall–Kier alpha value is -0.740. The van der Waals surface area contributed by atoms with Crippen LogP contribution in [-0.2, 0) is 0 Å². The summed E-state index contributed by atoms with van der Waals surface area (Å²) in [5.74, 6) is 1.53. The van der Waals surface area contributed by atoms with Gasteiger partial charge in [0.25, 0.3) is 0 Å². The minimum absolute atomic E-state index is 0.334. The van der Waals surface area contributed by atoms with Crippen LogP contribution in [-0.4, -0.2) is 21.3 Å². The van der Waals surface area contributed by atoms with Gasteiger partial charge in [-0.2, -0.15) is 0 Å². The van der Waals surface area contributed by atoms with E-state index in [1.165, 1.54) is 24.8 Å². The molecule has 0 saturated heterocycles. The minimum atomic E-state index is 0.334. The summed E-state index contributed by atoms with van der Waals surface area (Å²) in [5.41, 5.74) is 1.22. The third-order valence-electron chi connectivity index (χ3n) is 3.32. The van der Waals surface area contributed by atoms with Gasteiger partial charge in [-0.05, 0) is 31.2 Å². The number of nitrogens with one attached hydrogen (secondary N) is 1. The molecule has 19 heavy (non-hydrogen) atoms. The second-order valence-electron chi connectivity index (χ2n) is 4.57. The molecule has 0 saturated carbocycles. The van der Waals surface area contributed by atoms with E-state index in [0.29, 0.717) is 6.04 Å². The molecule has 0 aliphatic heterocycles. The summed E-state index contributed by atoms with van der Waals surface area (Å²) in [7, 11) is 5.32. The number of ether oxygens (including phenoxy) is 2. The van der Waals surface area contributed by atoms with Crippen LogP contribution in [0.5, 0.6) is 11.5 Å². The van der Waals surface area contributed by atoms with Crippen molar-refractivity contribution >= 4 is 15.9 Å². The number of methoxy groups -OCH3 is 2. The second-order valence-corrected chi connectivity index (χ2v) is 5.42. The molecule has 1 rings (SSSR count). The molecule has 0 bridgehead atoms. The first-order valence-electron chi connectivity index (χ1n) is 6.76. The molecule has 1 atom stereocenters. The molecule has 1 aromatic carbocycles. The number of hydrogen-bond acceptors (Lipinski definition) is 3. The van der Waals surface area contributed by atoms with Gasteiger partial charge in [-0.25, -0.2) is 0 Å². The highest BCUT2D eigenvalue weighted by atomic mass is 79.9. The second kappa shape index (κ2) is 8.43. The van der Waals surface area contributed by atoms with Gasteiger partial charge in [-0.1, -0.05) is 42.1 Å². The Labute approximate surface area is 124 Å². The predicted octanol–water partition coefficient (Wildman–Crippen LogP) is 4.31. The molecule has 3 nitrogen and oxygen atoms in total. The van der Waals surface area contributed by atoms with Gasteiger partial charge in [0.15, 0.2) is 11.5 Å². The van der Waals surface area contributed by atoms with Crippen molar-refractivity contribution in [2.45, 2.75) is 38.6 Å². The molecule has 0 fully saturated rings. The molecule has 1 aromatic rings. The third-order valence-corrected chi connectivity index (χ3v) is 4.01. The maximum atomic E-state index is 5.38. The van der Waals surface area contributed by atoms with Gasteiger partial charge >= 0.3 is 0 Å². The highest BCUT2D eigenvalue weighted by Gasteiger charge is 2.16. The molecule has 4 heteroatoms. The fraction of sp³-hybridized carbons (Fsp3) is 0.600. The fourth-order valence-electron chi connectivity index (χ4n) is 2.19. The largest absolute Gasteiger partial charge is 0.493 e. The molecule has 0 radical (unpaired) electrons. The smallest absolute Gasteiger partial charge is 0.161 e. The van der Waals surface area contributed by atoms with Crippen molar-refractivity contribution in [3.63, 3.8) is 0 Å². The van der Waals surface area contributed by atoms with E-state index in [2.05, 4.69) is 34.2 Å². The van der Waals surface area contributed by atoms with Crippen LogP contribution in [0.3, 0.4) is 0 Å². The van der Waals surface area contributed by atoms with Crippen molar-refractivity contribution in [3.05, 3.63) is 22.2 Å². The van der Waals surface area contributed by atoms with E-state index in [4.69, 9.17) is 9.47 Å². The molecule has 1 N–H and O–H groups in total. The maximum Gasteiger partial charge on any atom is 0.161 e. The fourth-order valence-corrected chi connectivity index (χ4v) is 2.79. The number of benzene rings is 1. The van der Waals surface area contributed by atoms with E-state index in [-0.39, 0.29) is 0 Å². The SMILES string of the molecule is CCCCCC(NC)c1cc(OC)c(OC)cc1Br. The number of halogens is 1. The first-order chi connectivity index (χ1) is 9.17. The summed E-state index contributed by atoms with van der Waals surface area (Å²) in [6.45, 7) is 2.22. The molecular weight excluding hydrogens is 306 g/mol. The maximum absolute atomic E-state index is 5.38. The molecular formula is C15H24BrNO2. The summed E-state index contributed by atoms with van der Waals surface area (Å²) >= 11 is 3.63. The lowest BCUT2D eigenvalue weighted by Gasteiger charge is -2.20. The molecule has 108 valence electrons. The third kappa shape index (κ3) is 4.39. The zero-order valence-electron chi connectivity index (χ0n) is 12.3. The van der Waals surface area contributed by atoms with Gasteiger partial charge in [-0.3, -0.25) is 0 Å². The number of hydrogen-bond donors (Lipinski definition) is 1. The molecule has 1 unspecified atom stereocenters. The van der Waals surface area contributed by atoms with Crippen molar-refractivity contribution in [1.82, 2.24) is 5.32 Å². The normalized spacial score (nSPS) is 12.3. The lowest BCUT2D eigenvalue weighted by atomic mass is 10.00. The van der Waals surface area contributed by atoms with Gasteiger partial charge in [0.05, 0.1) is 14.2 Å². The predicted molar refractivity (Wildman–Crippen MR) is 83.2 cm³/mol. The number of rotatable bonds is 8. The molecule has 0 spiro atoms. The van der Waals surface area contributed by atoms with Crippen LogP contribution < -0.4 is 14.8 Å². The molecule has 0 aliphatic carbocycles. The van der Waals surface area contributed by atoms with Gasteiger partial charge in [-0.15, -0.1) is 0 Å². The van der Waals surface area contributed by atoms with E-state index in [9.17, 15) is 0 Å². The van der Waals surface area contributed by atoms with Gasteiger partial charge < -0.3 is 14.8 Å². The number of unbranched alkanes of at least 4 members (excludes halogenated alkanes) is 2. The first kappa shape index (κ1) is 16.3. The van der Waals surface area contributed by atoms with Crippen molar-refractivity contribution in [1.29, 1.82) is 0 Å². The van der Waals surface area contributed by atoms with E-state index in [0.717, 1.165) is 22.4 Å². The topological polar surface area (TPSA) is 30.5 Å². The van der Waals surface area contributed by atoms with E-state index in [1.54, 1.807) is 14.2 Å². The van der Waals surface area contributed by atoms with E-state index < -0.39 is 0 Å². The Morgan fingerprint density at radius 2 is 1.79 bits per heavy atom. The summed E-state index contributed by atoms with van der Waals surface area (Å²) in [6.07, 6.45) is 4.86. The highest BCUT2D eigenvalue weighted by molar-refractivity contribution is 9.10. The molecule has 0 aliphatic rings. The van der Waals surface area contributed by atoms with Crippen LogP contribution >= 0.6 is 15.9 Å². The van der Waals surface area contributed by atoms with Gasteiger partial charge in [0, 0.05) is 10.5 Å². The lowest BCUT2D eigenvalue weighted by Crippen LogP contribution is -2.17. The molecule has 0 amide bonds. The highest BCUT2D eigenvalue weighted by Crippen LogP contribution is 2.37. The van der Waals surface area contributed by atoms with Gasteiger partial charge in [0.2, 0.25) is 0 Å². The summed E-state index contributed by atoms with van der Waals surface area (Å²) < 4.78 is 11.7. The van der Waals surface area contributed by atoms with Crippen molar-refractivity contribution in [3.8, 4) is 11.5 Å². The Kier molecular flexibility index (Phi) is 7.24. The molecule has 0 aromatic heterocycles. The Morgan fingerprint density at radius 3 is 2.32 bits per heavy atom. The zero-order valence-corrected chi connectivity index (χ0v) is 13.8. The summed E-state index contributed by atoms with van der Waals surface area (Å²) in [5, 5.41) is 3.38.